The van der Waals surface area contributed by atoms with Crippen molar-refractivity contribution >= 4 is 55.7 Å². The Morgan fingerprint density at radius 3 is 2.71 bits per heavy atom. The van der Waals surface area contributed by atoms with Crippen LogP contribution in [0.15, 0.2) is 34.8 Å². The summed E-state index contributed by atoms with van der Waals surface area (Å²) in [6, 6.07) is 7.56. The molecular formula is C14H6BrClFNO2S. The normalized spacial score (nSPS) is 11.0. The lowest BCUT2D eigenvalue weighted by Crippen LogP contribution is -2.00. The Morgan fingerprint density at radius 2 is 2.10 bits per heavy atom. The molecule has 0 amide bonds. The maximum absolute atomic E-state index is 13.7. The van der Waals surface area contributed by atoms with Crippen molar-refractivity contribution in [3.8, 4) is 10.6 Å². The zero-order chi connectivity index (χ0) is 15.1. The molecule has 0 aliphatic heterocycles. The van der Waals surface area contributed by atoms with Crippen molar-refractivity contribution in [3.05, 3.63) is 50.5 Å². The van der Waals surface area contributed by atoms with Crippen molar-refractivity contribution in [1.29, 1.82) is 0 Å². The predicted octanol–water partition coefficient (Wildman–Crippen LogP) is 5.22. The van der Waals surface area contributed by atoms with Crippen molar-refractivity contribution in [2.24, 2.45) is 0 Å². The van der Waals surface area contributed by atoms with E-state index < -0.39 is 11.8 Å². The predicted molar refractivity (Wildman–Crippen MR) is 84.7 cm³/mol. The van der Waals surface area contributed by atoms with E-state index in [0.717, 1.165) is 4.88 Å². The quantitative estimate of drug-likeness (QED) is 0.657. The van der Waals surface area contributed by atoms with E-state index in [1.165, 1.54) is 29.5 Å². The second-order valence-corrected chi connectivity index (χ2v) is 6.82. The number of rotatable bonds is 2. The van der Waals surface area contributed by atoms with E-state index in [2.05, 4.69) is 20.9 Å². The van der Waals surface area contributed by atoms with Gasteiger partial charge in [0.05, 0.1) is 30.5 Å². The van der Waals surface area contributed by atoms with Gasteiger partial charge in [0.2, 0.25) is 0 Å². The molecule has 0 saturated heterocycles. The maximum Gasteiger partial charge on any atom is 0.336 e. The third-order valence-corrected chi connectivity index (χ3v) is 4.77. The summed E-state index contributed by atoms with van der Waals surface area (Å²) >= 11 is 10.2. The highest BCUT2D eigenvalue weighted by Gasteiger charge is 2.16. The molecule has 0 fully saturated rings. The number of carboxylic acid groups (broad SMARTS) is 1. The fourth-order valence-corrected chi connectivity index (χ4v) is 3.32. The molecule has 0 atom stereocenters. The summed E-state index contributed by atoms with van der Waals surface area (Å²) in [5, 5.41) is 9.74. The van der Waals surface area contributed by atoms with E-state index in [1.54, 1.807) is 12.1 Å². The molecule has 0 aliphatic carbocycles. The van der Waals surface area contributed by atoms with Gasteiger partial charge in [-0.2, -0.15) is 0 Å². The molecule has 0 unspecified atom stereocenters. The maximum atomic E-state index is 13.7. The van der Waals surface area contributed by atoms with Crippen molar-refractivity contribution in [2.75, 3.05) is 0 Å². The van der Waals surface area contributed by atoms with Crippen molar-refractivity contribution < 1.29 is 14.3 Å². The zero-order valence-electron chi connectivity index (χ0n) is 10.2. The van der Waals surface area contributed by atoms with Gasteiger partial charge in [0.25, 0.3) is 0 Å². The minimum Gasteiger partial charge on any atom is -0.478 e. The minimum absolute atomic E-state index is 0.0697. The first kappa shape index (κ1) is 14.4. The highest BCUT2D eigenvalue weighted by molar-refractivity contribution is 9.10. The van der Waals surface area contributed by atoms with Crippen LogP contribution in [0.3, 0.4) is 0 Å². The number of halogens is 3. The summed E-state index contributed by atoms with van der Waals surface area (Å²) in [6.45, 7) is 0. The van der Waals surface area contributed by atoms with E-state index in [1.807, 2.05) is 0 Å². The standard InChI is InChI=1S/C14H6BrClFNO2S/c15-8-3-6-7(14(19)20)4-11(12-1-2-13(16)21-12)18-10(6)5-9(8)17/h1-5H,(H,19,20). The summed E-state index contributed by atoms with van der Waals surface area (Å²) in [7, 11) is 0. The van der Waals surface area contributed by atoms with E-state index in [0.29, 0.717) is 15.4 Å². The Labute approximate surface area is 136 Å². The first-order chi connectivity index (χ1) is 9.95. The molecule has 3 rings (SSSR count). The number of nitrogens with zero attached hydrogens (tertiary/aromatic N) is 1. The molecule has 21 heavy (non-hydrogen) atoms. The van der Waals surface area contributed by atoms with Crippen LogP contribution in [0.25, 0.3) is 21.5 Å². The molecule has 1 aromatic carbocycles. The van der Waals surface area contributed by atoms with Gasteiger partial charge in [-0.3, -0.25) is 0 Å². The van der Waals surface area contributed by atoms with E-state index >= 15 is 0 Å². The second-order valence-electron chi connectivity index (χ2n) is 4.25. The Bertz CT molecular complexity index is 881. The van der Waals surface area contributed by atoms with Crippen LogP contribution in [0.4, 0.5) is 4.39 Å². The molecular weight excluding hydrogens is 381 g/mol. The molecule has 0 bridgehead atoms. The first-order valence-electron chi connectivity index (χ1n) is 5.74. The number of carboxylic acids is 1. The van der Waals surface area contributed by atoms with Crippen LogP contribution in [-0.2, 0) is 0 Å². The van der Waals surface area contributed by atoms with Crippen LogP contribution in [0.1, 0.15) is 10.4 Å². The van der Waals surface area contributed by atoms with Crippen LogP contribution in [-0.4, -0.2) is 16.1 Å². The molecule has 1 N–H and O–H groups in total. The van der Waals surface area contributed by atoms with Crippen molar-refractivity contribution in [3.63, 3.8) is 0 Å². The van der Waals surface area contributed by atoms with Gasteiger partial charge in [0, 0.05) is 11.5 Å². The molecule has 0 radical (unpaired) electrons. The fourth-order valence-electron chi connectivity index (χ4n) is 1.98. The Morgan fingerprint density at radius 1 is 1.33 bits per heavy atom. The van der Waals surface area contributed by atoms with Gasteiger partial charge in [0.1, 0.15) is 5.82 Å². The van der Waals surface area contributed by atoms with Gasteiger partial charge in [-0.25, -0.2) is 14.2 Å². The Kier molecular flexibility index (Phi) is 3.69. The molecule has 2 aromatic heterocycles. The number of hydrogen-bond donors (Lipinski definition) is 1. The first-order valence-corrected chi connectivity index (χ1v) is 7.73. The summed E-state index contributed by atoms with van der Waals surface area (Å²) in [5.41, 5.74) is 0.814. The minimum atomic E-state index is -1.09. The molecule has 3 nitrogen and oxygen atoms in total. The van der Waals surface area contributed by atoms with Gasteiger partial charge in [0.15, 0.2) is 0 Å². The highest BCUT2D eigenvalue weighted by Crippen LogP contribution is 2.33. The largest absolute Gasteiger partial charge is 0.478 e. The van der Waals surface area contributed by atoms with E-state index in [-0.39, 0.29) is 15.6 Å². The second kappa shape index (κ2) is 5.36. The number of fused-ring (bicyclic) bond motifs is 1. The number of thiophene rings is 1. The van der Waals surface area contributed by atoms with Crippen LogP contribution in [0.2, 0.25) is 4.34 Å². The van der Waals surface area contributed by atoms with Crippen LogP contribution < -0.4 is 0 Å². The van der Waals surface area contributed by atoms with Crippen LogP contribution in [0.5, 0.6) is 0 Å². The SMILES string of the molecule is O=C(O)c1cc(-c2ccc(Cl)s2)nc2cc(F)c(Br)cc12. The van der Waals surface area contributed by atoms with E-state index in [4.69, 9.17) is 11.6 Å². The molecule has 0 saturated carbocycles. The van der Waals surface area contributed by atoms with Crippen molar-refractivity contribution in [1.82, 2.24) is 4.98 Å². The Hall–Kier alpha value is -1.50. The average molecular weight is 387 g/mol. The van der Waals surface area contributed by atoms with Crippen LogP contribution in [0, 0.1) is 5.82 Å². The number of pyridine rings is 1. The lowest BCUT2D eigenvalue weighted by atomic mass is 10.1. The third kappa shape index (κ3) is 2.66. The lowest BCUT2D eigenvalue weighted by Gasteiger charge is -2.07. The average Bonchev–Trinajstić information content (AvgIpc) is 2.85. The van der Waals surface area contributed by atoms with Gasteiger partial charge in [-0.1, -0.05) is 11.6 Å². The monoisotopic (exact) mass is 385 g/mol. The summed E-state index contributed by atoms with van der Waals surface area (Å²) < 4.78 is 14.4. The van der Waals surface area contributed by atoms with Crippen LogP contribution >= 0.6 is 38.9 Å². The smallest absolute Gasteiger partial charge is 0.336 e. The summed E-state index contributed by atoms with van der Waals surface area (Å²) in [4.78, 5) is 16.5. The van der Waals surface area contributed by atoms with E-state index in [9.17, 15) is 14.3 Å². The highest BCUT2D eigenvalue weighted by atomic mass is 79.9. The molecule has 106 valence electrons. The zero-order valence-corrected chi connectivity index (χ0v) is 13.4. The fraction of sp³-hybridized carbons (Fsp3) is 0. The molecule has 3 aromatic rings. The Balaban J connectivity index is 2.34. The number of hydrogen-bond acceptors (Lipinski definition) is 3. The topological polar surface area (TPSA) is 50.2 Å². The summed E-state index contributed by atoms with van der Waals surface area (Å²) in [6.07, 6.45) is 0. The molecule has 2 heterocycles. The van der Waals surface area contributed by atoms with Gasteiger partial charge >= 0.3 is 5.97 Å². The lowest BCUT2D eigenvalue weighted by molar-refractivity contribution is 0.0699. The van der Waals surface area contributed by atoms with Gasteiger partial charge in [-0.05, 0) is 40.2 Å². The molecule has 7 heteroatoms. The number of aromatic carboxylic acids is 1. The number of aromatic nitrogens is 1. The van der Waals surface area contributed by atoms with Crippen molar-refractivity contribution in [2.45, 2.75) is 0 Å². The third-order valence-electron chi connectivity index (χ3n) is 2.91. The van der Waals surface area contributed by atoms with Gasteiger partial charge in [-0.15, -0.1) is 11.3 Å². The molecule has 0 aliphatic rings. The summed E-state index contributed by atoms with van der Waals surface area (Å²) in [5.74, 6) is -1.59. The number of carbonyl (C=O) groups is 1. The van der Waals surface area contributed by atoms with Gasteiger partial charge < -0.3 is 5.11 Å². The number of benzene rings is 1. The molecule has 0 spiro atoms.